The summed E-state index contributed by atoms with van der Waals surface area (Å²) in [5.74, 6) is 0. The molecule has 1 rings (SSSR count). The summed E-state index contributed by atoms with van der Waals surface area (Å²) >= 11 is 0. The Morgan fingerprint density at radius 3 is 1.77 bits per heavy atom. The molecule has 0 heterocycles. The van der Waals surface area contributed by atoms with Crippen LogP contribution in [0.25, 0.3) is 6.08 Å². The van der Waals surface area contributed by atoms with Gasteiger partial charge in [-0.15, -0.1) is 12.3 Å². The summed E-state index contributed by atoms with van der Waals surface area (Å²) in [6.45, 7) is 11.7. The van der Waals surface area contributed by atoms with Gasteiger partial charge in [-0.1, -0.05) is 56.1 Å². The molecule has 0 N–H and O–H groups in total. The first kappa shape index (κ1) is 11.9. The van der Waals surface area contributed by atoms with Gasteiger partial charge in [-0.3, -0.25) is 0 Å². The van der Waals surface area contributed by atoms with Gasteiger partial charge in [0.1, 0.15) is 0 Å². The Bertz CT molecular complexity index is 237. The first-order valence-electron chi connectivity index (χ1n) is 4.50. The third-order valence-electron chi connectivity index (χ3n) is 1.51. The quantitative estimate of drug-likeness (QED) is 0.626. The van der Waals surface area contributed by atoms with E-state index in [1.807, 2.05) is 36.4 Å². The summed E-state index contributed by atoms with van der Waals surface area (Å²) in [6.07, 6.45) is 1.83. The lowest BCUT2D eigenvalue weighted by atomic mass is 10.2. The van der Waals surface area contributed by atoms with Crippen molar-refractivity contribution in [1.29, 1.82) is 0 Å². The van der Waals surface area contributed by atoms with Crippen LogP contribution in [-0.2, 0) is 0 Å². The summed E-state index contributed by atoms with van der Waals surface area (Å²) in [7, 11) is -0.386. The maximum atomic E-state index is 3.63. The highest BCUT2D eigenvalue weighted by Crippen LogP contribution is 1.97. The van der Waals surface area contributed by atoms with Crippen LogP contribution in [0.2, 0.25) is 13.1 Å². The molecule has 0 atom stereocenters. The van der Waals surface area contributed by atoms with Gasteiger partial charge in [-0.25, -0.2) is 0 Å². The first-order valence-corrected chi connectivity index (χ1v) is 7.48. The lowest BCUT2D eigenvalue weighted by molar-refractivity contribution is 1.67. The molecule has 0 bridgehead atoms. The molecule has 70 valence electrons. The molecule has 1 heteroatoms. The van der Waals surface area contributed by atoms with Gasteiger partial charge in [-0.2, -0.15) is 0 Å². The Labute approximate surface area is 83.2 Å². The van der Waals surface area contributed by atoms with Crippen LogP contribution in [0, 0.1) is 0 Å². The Morgan fingerprint density at radius 1 is 1.08 bits per heavy atom. The third kappa shape index (κ3) is 7.28. The van der Waals surface area contributed by atoms with Crippen molar-refractivity contribution < 1.29 is 0 Å². The highest BCUT2D eigenvalue weighted by Gasteiger charge is 1.77. The van der Waals surface area contributed by atoms with E-state index in [0.717, 1.165) is 0 Å². The van der Waals surface area contributed by atoms with Gasteiger partial charge in [0.05, 0.1) is 8.80 Å². The average Bonchev–Trinajstić information content (AvgIpc) is 2.20. The van der Waals surface area contributed by atoms with Crippen molar-refractivity contribution in [2.45, 2.75) is 13.1 Å². The summed E-state index contributed by atoms with van der Waals surface area (Å²) < 4.78 is 0. The molecule has 1 aromatic carbocycles. The molecule has 0 aliphatic rings. The fraction of sp³-hybridized carbons (Fsp3) is 0.167. The molecule has 13 heavy (non-hydrogen) atoms. The van der Waals surface area contributed by atoms with Gasteiger partial charge in [0.15, 0.2) is 0 Å². The van der Waals surface area contributed by atoms with Crippen LogP contribution in [0.3, 0.4) is 0 Å². The molecule has 0 saturated carbocycles. The minimum absolute atomic E-state index is 0.386. The molecular formula is C12H18Si. The Balaban J connectivity index is 0.000000252. The van der Waals surface area contributed by atoms with E-state index in [1.165, 1.54) is 5.56 Å². The van der Waals surface area contributed by atoms with Crippen molar-refractivity contribution >= 4 is 14.9 Å². The molecule has 0 amide bonds. The summed E-state index contributed by atoms with van der Waals surface area (Å²) in [5.41, 5.74) is 3.23. The van der Waals surface area contributed by atoms with Crippen LogP contribution in [-0.4, -0.2) is 8.80 Å². The maximum absolute atomic E-state index is 3.63. The number of hydrogen-bond donors (Lipinski definition) is 0. The van der Waals surface area contributed by atoms with Crippen molar-refractivity contribution in [2.24, 2.45) is 0 Å². The minimum atomic E-state index is -0.386. The van der Waals surface area contributed by atoms with Crippen molar-refractivity contribution in [2.75, 3.05) is 0 Å². The van der Waals surface area contributed by atoms with E-state index < -0.39 is 0 Å². The monoisotopic (exact) mass is 190 g/mol. The molecule has 0 spiro atoms. The lowest BCUT2D eigenvalue weighted by Crippen LogP contribution is -1.89. The second-order valence-electron chi connectivity index (χ2n) is 3.09. The zero-order valence-electron chi connectivity index (χ0n) is 8.53. The fourth-order valence-electron chi connectivity index (χ4n) is 0.589. The van der Waals surface area contributed by atoms with E-state index in [9.17, 15) is 0 Å². The van der Waals surface area contributed by atoms with Crippen LogP contribution in [0.5, 0.6) is 0 Å². The van der Waals surface area contributed by atoms with Gasteiger partial charge in [0, 0.05) is 0 Å². The van der Waals surface area contributed by atoms with Crippen LogP contribution in [0.4, 0.5) is 0 Å². The van der Waals surface area contributed by atoms with Crippen LogP contribution < -0.4 is 0 Å². The summed E-state index contributed by atoms with van der Waals surface area (Å²) in [6, 6.07) is 10.0. The molecule has 0 fully saturated rings. The van der Waals surface area contributed by atoms with E-state index in [1.54, 1.807) is 0 Å². The van der Waals surface area contributed by atoms with Crippen molar-refractivity contribution in [1.82, 2.24) is 0 Å². The smallest absolute Gasteiger partial charge is 0.0546 e. The summed E-state index contributed by atoms with van der Waals surface area (Å²) in [5, 5.41) is 0. The first-order chi connectivity index (χ1) is 6.20. The molecule has 0 aliphatic heterocycles. The molecule has 0 unspecified atom stereocenters. The van der Waals surface area contributed by atoms with Crippen molar-refractivity contribution in [3.63, 3.8) is 0 Å². The maximum Gasteiger partial charge on any atom is 0.0546 e. The van der Waals surface area contributed by atoms with Crippen molar-refractivity contribution in [3.8, 4) is 0 Å². The summed E-state index contributed by atoms with van der Waals surface area (Å²) in [4.78, 5) is 0. The molecule has 0 aliphatic carbocycles. The number of rotatable bonds is 2. The molecule has 1 aromatic rings. The predicted octanol–water partition coefficient (Wildman–Crippen LogP) is 3.53. The predicted molar refractivity (Wildman–Crippen MR) is 65.6 cm³/mol. The second-order valence-corrected chi connectivity index (χ2v) is 6.05. The largest absolute Gasteiger partial charge is 0.107 e. The zero-order valence-corrected chi connectivity index (χ0v) is 9.69. The van der Waals surface area contributed by atoms with Crippen LogP contribution in [0.15, 0.2) is 49.2 Å². The standard InChI is InChI=1S/C8H8.C4H10Si/c1-2-8-6-4-3-5-7-8;1-4-5(2)3/h2-7H,1H2;4-5H,1H2,2-3H3. The van der Waals surface area contributed by atoms with Gasteiger partial charge >= 0.3 is 0 Å². The molecule has 0 aromatic heterocycles. The highest BCUT2D eigenvalue weighted by atomic mass is 28.3. The SMILES string of the molecule is C=C[SiH](C)C.C=Cc1ccccc1. The third-order valence-corrected chi connectivity index (χ3v) is 2.45. The number of hydrogen-bond acceptors (Lipinski definition) is 0. The minimum Gasteiger partial charge on any atom is -0.107 e. The van der Waals surface area contributed by atoms with Gasteiger partial charge in [0.25, 0.3) is 0 Å². The number of benzene rings is 1. The molecular weight excluding hydrogens is 172 g/mol. The van der Waals surface area contributed by atoms with Crippen molar-refractivity contribution in [3.05, 3.63) is 54.8 Å². The van der Waals surface area contributed by atoms with Gasteiger partial charge in [0.2, 0.25) is 0 Å². The molecule has 0 saturated heterocycles. The Morgan fingerprint density at radius 2 is 1.54 bits per heavy atom. The van der Waals surface area contributed by atoms with Crippen LogP contribution >= 0.6 is 0 Å². The van der Waals surface area contributed by atoms with E-state index in [4.69, 9.17) is 0 Å². The Kier molecular flexibility index (Phi) is 6.93. The topological polar surface area (TPSA) is 0 Å². The highest BCUT2D eigenvalue weighted by molar-refractivity contribution is 6.61. The van der Waals surface area contributed by atoms with E-state index in [2.05, 4.69) is 32.0 Å². The average molecular weight is 190 g/mol. The van der Waals surface area contributed by atoms with E-state index in [-0.39, 0.29) is 8.80 Å². The lowest BCUT2D eigenvalue weighted by Gasteiger charge is -1.85. The molecule has 0 radical (unpaired) electrons. The van der Waals surface area contributed by atoms with Gasteiger partial charge in [-0.05, 0) is 5.56 Å². The van der Waals surface area contributed by atoms with Crippen LogP contribution in [0.1, 0.15) is 5.56 Å². The molecule has 0 nitrogen and oxygen atoms in total. The van der Waals surface area contributed by atoms with E-state index in [0.29, 0.717) is 0 Å². The van der Waals surface area contributed by atoms with E-state index >= 15 is 0 Å². The fourth-order valence-corrected chi connectivity index (χ4v) is 0.589. The normalized spacial score (nSPS) is 8.54. The van der Waals surface area contributed by atoms with Gasteiger partial charge < -0.3 is 0 Å². The Hall–Kier alpha value is -1.08. The zero-order chi connectivity index (χ0) is 10.1. The second kappa shape index (κ2) is 7.56.